The molecule has 1 aromatic rings. The molecule has 1 aliphatic rings. The number of carbonyl (C=O) groups is 1. The Hall–Kier alpha value is -1.49. The highest BCUT2D eigenvalue weighted by atomic mass is 16.4. The molecule has 0 spiro atoms. The second kappa shape index (κ2) is 6.04. The maximum absolute atomic E-state index is 10.3. The van der Waals surface area contributed by atoms with Crippen LogP contribution >= 0.6 is 0 Å². The molecule has 5 heteroatoms. The van der Waals surface area contributed by atoms with Crippen LogP contribution in [0.1, 0.15) is 0 Å². The zero-order valence-electron chi connectivity index (χ0n) is 7.85. The summed E-state index contributed by atoms with van der Waals surface area (Å²) in [6, 6.07) is 3.67. The number of nitrogens with one attached hydrogen (secondary N) is 1. The molecule has 0 aliphatic carbocycles. The standard InChI is InChI=1S/C5H10N2O2.C4H4O/c8-5(9)7-3-1-6-2-4-7;1-2-4-5-3-1/h6H,1-4H2,(H,8,9);1-4H. The Labute approximate surface area is 82.3 Å². The van der Waals surface area contributed by atoms with Crippen molar-refractivity contribution in [2.75, 3.05) is 26.2 Å². The van der Waals surface area contributed by atoms with Crippen molar-refractivity contribution in [2.45, 2.75) is 0 Å². The number of nitrogens with zero attached hydrogens (tertiary/aromatic N) is 1. The fourth-order valence-electron chi connectivity index (χ4n) is 1.08. The normalized spacial score (nSPS) is 15.6. The third kappa shape index (κ3) is 3.95. The molecule has 0 bridgehead atoms. The lowest BCUT2D eigenvalue weighted by atomic mass is 10.4. The van der Waals surface area contributed by atoms with Crippen molar-refractivity contribution < 1.29 is 14.3 Å². The summed E-state index contributed by atoms with van der Waals surface area (Å²) in [6.07, 6.45) is 2.44. The second-order valence-corrected chi connectivity index (χ2v) is 2.81. The Bertz CT molecular complexity index is 225. The van der Waals surface area contributed by atoms with E-state index in [9.17, 15) is 4.79 Å². The number of furan rings is 1. The first kappa shape index (κ1) is 10.6. The molecule has 1 aliphatic heterocycles. The molecule has 14 heavy (non-hydrogen) atoms. The van der Waals surface area contributed by atoms with Gasteiger partial charge in [-0.2, -0.15) is 0 Å². The minimum atomic E-state index is -0.809. The summed E-state index contributed by atoms with van der Waals surface area (Å²) in [4.78, 5) is 11.7. The number of hydrogen-bond acceptors (Lipinski definition) is 3. The van der Waals surface area contributed by atoms with E-state index in [1.54, 1.807) is 12.5 Å². The first-order valence-electron chi connectivity index (χ1n) is 4.46. The second-order valence-electron chi connectivity index (χ2n) is 2.81. The van der Waals surface area contributed by atoms with Crippen LogP contribution in [0, 0.1) is 0 Å². The third-order valence-corrected chi connectivity index (χ3v) is 1.81. The minimum Gasteiger partial charge on any atom is -0.473 e. The summed E-state index contributed by atoms with van der Waals surface area (Å²) >= 11 is 0. The summed E-state index contributed by atoms with van der Waals surface area (Å²) < 4.78 is 4.58. The topological polar surface area (TPSA) is 65.7 Å². The summed E-state index contributed by atoms with van der Waals surface area (Å²) in [5.74, 6) is 0. The smallest absolute Gasteiger partial charge is 0.407 e. The third-order valence-electron chi connectivity index (χ3n) is 1.81. The van der Waals surface area contributed by atoms with Gasteiger partial charge in [-0.05, 0) is 12.1 Å². The Balaban J connectivity index is 0.000000165. The Kier molecular flexibility index (Phi) is 4.57. The van der Waals surface area contributed by atoms with Gasteiger partial charge >= 0.3 is 6.09 Å². The van der Waals surface area contributed by atoms with Gasteiger partial charge in [0.2, 0.25) is 0 Å². The lowest BCUT2D eigenvalue weighted by Crippen LogP contribution is -2.45. The molecule has 2 N–H and O–H groups in total. The van der Waals surface area contributed by atoms with Crippen LogP contribution in [0.25, 0.3) is 0 Å². The molecular weight excluding hydrogens is 184 g/mol. The average Bonchev–Trinajstić information content (AvgIpc) is 2.77. The van der Waals surface area contributed by atoms with E-state index in [0.717, 1.165) is 13.1 Å². The summed E-state index contributed by atoms with van der Waals surface area (Å²) in [5, 5.41) is 11.5. The molecule has 0 atom stereocenters. The molecule has 5 nitrogen and oxygen atoms in total. The molecule has 1 saturated heterocycles. The zero-order valence-corrected chi connectivity index (χ0v) is 7.85. The van der Waals surface area contributed by atoms with E-state index in [4.69, 9.17) is 5.11 Å². The monoisotopic (exact) mass is 198 g/mol. The van der Waals surface area contributed by atoms with Crippen molar-refractivity contribution in [3.05, 3.63) is 24.7 Å². The van der Waals surface area contributed by atoms with Gasteiger partial charge in [-0.15, -0.1) is 0 Å². The maximum Gasteiger partial charge on any atom is 0.407 e. The quantitative estimate of drug-likeness (QED) is 0.648. The molecule has 78 valence electrons. The molecule has 2 heterocycles. The van der Waals surface area contributed by atoms with Crippen LogP contribution in [-0.2, 0) is 0 Å². The molecular formula is C9H14N2O3. The molecule has 2 rings (SSSR count). The van der Waals surface area contributed by atoms with Crippen molar-refractivity contribution in [2.24, 2.45) is 0 Å². The highest BCUT2D eigenvalue weighted by Gasteiger charge is 2.13. The summed E-state index contributed by atoms with van der Waals surface area (Å²) in [6.45, 7) is 2.81. The van der Waals surface area contributed by atoms with Gasteiger partial charge in [0.1, 0.15) is 0 Å². The molecule has 1 amide bonds. The van der Waals surface area contributed by atoms with E-state index in [-0.39, 0.29) is 0 Å². The average molecular weight is 198 g/mol. The summed E-state index contributed by atoms with van der Waals surface area (Å²) in [7, 11) is 0. The number of piperazine rings is 1. The molecule has 0 radical (unpaired) electrons. The van der Waals surface area contributed by atoms with E-state index < -0.39 is 6.09 Å². The molecule has 0 saturated carbocycles. The molecule has 0 aromatic carbocycles. The van der Waals surface area contributed by atoms with Crippen molar-refractivity contribution in [3.8, 4) is 0 Å². The van der Waals surface area contributed by atoms with E-state index in [2.05, 4.69) is 9.73 Å². The van der Waals surface area contributed by atoms with Crippen LogP contribution in [0.3, 0.4) is 0 Å². The van der Waals surface area contributed by atoms with E-state index >= 15 is 0 Å². The van der Waals surface area contributed by atoms with Crippen molar-refractivity contribution in [1.82, 2.24) is 10.2 Å². The molecule has 1 aromatic heterocycles. The van der Waals surface area contributed by atoms with Crippen molar-refractivity contribution in [3.63, 3.8) is 0 Å². The minimum absolute atomic E-state index is 0.620. The lowest BCUT2D eigenvalue weighted by molar-refractivity contribution is 0.139. The van der Waals surface area contributed by atoms with Crippen LogP contribution in [0.5, 0.6) is 0 Å². The van der Waals surface area contributed by atoms with Crippen LogP contribution in [-0.4, -0.2) is 42.3 Å². The lowest BCUT2D eigenvalue weighted by Gasteiger charge is -2.23. The predicted molar refractivity (Wildman–Crippen MR) is 51.2 cm³/mol. The fourth-order valence-corrected chi connectivity index (χ4v) is 1.08. The number of carboxylic acid groups (broad SMARTS) is 1. The van der Waals surface area contributed by atoms with E-state index in [1.165, 1.54) is 4.90 Å². The van der Waals surface area contributed by atoms with Gasteiger partial charge in [0.05, 0.1) is 12.5 Å². The fraction of sp³-hybridized carbons (Fsp3) is 0.444. The highest BCUT2D eigenvalue weighted by Crippen LogP contribution is 1.90. The first-order chi connectivity index (χ1) is 6.80. The van der Waals surface area contributed by atoms with Crippen LogP contribution in [0.4, 0.5) is 4.79 Å². The Morgan fingerprint density at radius 3 is 2.14 bits per heavy atom. The van der Waals surface area contributed by atoms with Crippen LogP contribution in [0.2, 0.25) is 0 Å². The van der Waals surface area contributed by atoms with Crippen molar-refractivity contribution >= 4 is 6.09 Å². The van der Waals surface area contributed by atoms with E-state index in [1.807, 2.05) is 12.1 Å². The van der Waals surface area contributed by atoms with Gasteiger partial charge in [0.25, 0.3) is 0 Å². The molecule has 0 unspecified atom stereocenters. The van der Waals surface area contributed by atoms with Gasteiger partial charge in [-0.25, -0.2) is 4.79 Å². The van der Waals surface area contributed by atoms with Gasteiger partial charge in [-0.3, -0.25) is 0 Å². The van der Waals surface area contributed by atoms with Crippen molar-refractivity contribution in [1.29, 1.82) is 0 Å². The van der Waals surface area contributed by atoms with Gasteiger partial charge < -0.3 is 19.7 Å². The highest BCUT2D eigenvalue weighted by molar-refractivity contribution is 5.65. The SMILES string of the molecule is O=C(O)N1CCNCC1.c1ccoc1. The van der Waals surface area contributed by atoms with Gasteiger partial charge in [0, 0.05) is 26.2 Å². The number of amides is 1. The number of rotatable bonds is 0. The predicted octanol–water partition coefficient (Wildman–Crippen LogP) is 0.849. The van der Waals surface area contributed by atoms with Gasteiger partial charge in [-0.1, -0.05) is 0 Å². The Morgan fingerprint density at radius 2 is 1.86 bits per heavy atom. The Morgan fingerprint density at radius 1 is 1.29 bits per heavy atom. The molecule has 1 fully saturated rings. The van der Waals surface area contributed by atoms with Crippen LogP contribution in [0.15, 0.2) is 29.1 Å². The van der Waals surface area contributed by atoms with Gasteiger partial charge in [0.15, 0.2) is 0 Å². The number of hydrogen-bond donors (Lipinski definition) is 2. The zero-order chi connectivity index (χ0) is 10.2. The largest absolute Gasteiger partial charge is 0.473 e. The van der Waals surface area contributed by atoms with E-state index in [0.29, 0.717) is 13.1 Å². The maximum atomic E-state index is 10.3. The first-order valence-corrected chi connectivity index (χ1v) is 4.46. The van der Waals surface area contributed by atoms with Crippen LogP contribution < -0.4 is 5.32 Å². The summed E-state index contributed by atoms with van der Waals surface area (Å²) in [5.41, 5.74) is 0.